The van der Waals surface area contributed by atoms with Gasteiger partial charge in [0, 0.05) is 25.0 Å². The largest absolute Gasteiger partial charge is 0.465 e. The lowest BCUT2D eigenvalue weighted by atomic mass is 9.98. The average molecular weight is 506 g/mol. The monoisotopic (exact) mass is 505 g/mol. The normalized spacial score (nSPS) is 15.7. The van der Waals surface area contributed by atoms with E-state index in [1.807, 2.05) is 34.6 Å². The molecule has 0 aliphatic heterocycles. The maximum atomic E-state index is 12.5. The fourth-order valence-electron chi connectivity index (χ4n) is 2.46. The van der Waals surface area contributed by atoms with Crippen molar-refractivity contribution in [3.63, 3.8) is 0 Å². The second-order valence-electron chi connectivity index (χ2n) is 9.08. The second kappa shape index (κ2) is 16.7. The minimum atomic E-state index is -1.08. The summed E-state index contributed by atoms with van der Waals surface area (Å²) in [5.41, 5.74) is 5.92. The quantitative estimate of drug-likeness (QED) is 0.222. The van der Waals surface area contributed by atoms with Crippen LogP contribution < -0.4 is 16.4 Å². The van der Waals surface area contributed by atoms with Crippen molar-refractivity contribution in [3.8, 4) is 0 Å². The van der Waals surface area contributed by atoms with E-state index in [4.69, 9.17) is 15.2 Å². The van der Waals surface area contributed by atoms with Gasteiger partial charge >= 0.3 is 11.9 Å². The number of ether oxygens (including phenoxy) is 2. The number of amides is 2. The summed E-state index contributed by atoms with van der Waals surface area (Å²) in [5.74, 6) is -1.42. The number of likely N-dealkylation sites (N-methyl/N-ethyl adjacent to an activating group) is 1. The Kier molecular flexibility index (Phi) is 15.8. The minimum absolute atomic E-state index is 0.112. The summed E-state index contributed by atoms with van der Waals surface area (Å²) >= 11 is 1.31. The van der Waals surface area contributed by atoms with Crippen molar-refractivity contribution in [1.82, 2.24) is 10.6 Å². The van der Waals surface area contributed by atoms with Crippen molar-refractivity contribution >= 4 is 35.5 Å². The van der Waals surface area contributed by atoms with Crippen molar-refractivity contribution in [2.24, 2.45) is 29.4 Å². The number of nitrogens with one attached hydrogen (secondary N) is 2. The molecule has 0 aromatic heterocycles. The fourth-order valence-corrected chi connectivity index (χ4v) is 3.50. The first-order valence-electron chi connectivity index (χ1n) is 11.7. The van der Waals surface area contributed by atoms with E-state index < -0.39 is 36.6 Å². The Bertz CT molecular complexity index is 660. The predicted octanol–water partition coefficient (Wildman–Crippen LogP) is 0.699. The molecule has 0 fully saturated rings. The molecule has 0 heterocycles. The minimum Gasteiger partial charge on any atom is -0.465 e. The van der Waals surface area contributed by atoms with Gasteiger partial charge in [0.05, 0.1) is 31.1 Å². The van der Waals surface area contributed by atoms with Gasteiger partial charge in [0.25, 0.3) is 0 Å². The van der Waals surface area contributed by atoms with Crippen molar-refractivity contribution < 1.29 is 33.8 Å². The summed E-state index contributed by atoms with van der Waals surface area (Å²) in [5, 5.41) is 14.0. The highest BCUT2D eigenvalue weighted by molar-refractivity contribution is 7.99. The number of aliphatic hydroxyl groups is 1. The van der Waals surface area contributed by atoms with Crippen LogP contribution in [0, 0.1) is 23.7 Å². The number of hydrogen-bond acceptors (Lipinski definition) is 9. The van der Waals surface area contributed by atoms with Gasteiger partial charge in [0.15, 0.2) is 0 Å². The molecule has 0 spiro atoms. The van der Waals surface area contributed by atoms with Crippen LogP contribution in [0.1, 0.15) is 48.0 Å². The lowest BCUT2D eigenvalue weighted by Crippen LogP contribution is -2.53. The summed E-state index contributed by atoms with van der Waals surface area (Å²) in [6, 6.07) is -2.01. The maximum Gasteiger partial charge on any atom is 0.309 e. The molecular weight excluding hydrogens is 462 g/mol. The lowest BCUT2D eigenvalue weighted by Gasteiger charge is -2.23. The molecule has 11 heteroatoms. The van der Waals surface area contributed by atoms with Crippen LogP contribution in [0.2, 0.25) is 0 Å². The number of hydrogen-bond donors (Lipinski definition) is 4. The standard InChI is InChI=1S/C23H43N3O7S/c1-13(2)15(5)22(30)32-9-8-17(33-23(31)16(6)14(3)4)11-34-12-18(24)20(28)26-19(10-27)21(29)25-7/h13-19,27H,8-12,24H2,1-7H3,(H,25,29)(H,26,28). The average Bonchev–Trinajstić information content (AvgIpc) is 2.79. The third-order valence-electron chi connectivity index (χ3n) is 5.71. The van der Waals surface area contributed by atoms with Gasteiger partial charge in [-0.3, -0.25) is 19.2 Å². The zero-order valence-electron chi connectivity index (χ0n) is 21.5. The molecule has 0 radical (unpaired) electrons. The predicted molar refractivity (Wildman–Crippen MR) is 132 cm³/mol. The summed E-state index contributed by atoms with van der Waals surface area (Å²) in [6.45, 7) is 10.9. The zero-order valence-corrected chi connectivity index (χ0v) is 22.3. The smallest absolute Gasteiger partial charge is 0.309 e. The van der Waals surface area contributed by atoms with E-state index in [2.05, 4.69) is 10.6 Å². The molecule has 5 N–H and O–H groups in total. The number of carbonyl (C=O) groups excluding carboxylic acids is 4. The molecule has 0 aliphatic carbocycles. The molecule has 0 aromatic carbocycles. The molecule has 2 amide bonds. The number of rotatable bonds is 16. The molecular formula is C23H43N3O7S. The third-order valence-corrected chi connectivity index (χ3v) is 6.91. The molecule has 198 valence electrons. The first-order chi connectivity index (χ1) is 15.8. The van der Waals surface area contributed by atoms with Gasteiger partial charge in [0.1, 0.15) is 12.1 Å². The molecule has 34 heavy (non-hydrogen) atoms. The van der Waals surface area contributed by atoms with Crippen LogP contribution in [0.5, 0.6) is 0 Å². The summed E-state index contributed by atoms with van der Waals surface area (Å²) in [7, 11) is 1.40. The van der Waals surface area contributed by atoms with E-state index in [1.54, 1.807) is 6.92 Å². The second-order valence-corrected chi connectivity index (χ2v) is 10.2. The molecule has 10 nitrogen and oxygen atoms in total. The van der Waals surface area contributed by atoms with E-state index in [0.29, 0.717) is 12.2 Å². The van der Waals surface area contributed by atoms with E-state index in [-0.39, 0.29) is 48.0 Å². The van der Waals surface area contributed by atoms with Crippen LogP contribution >= 0.6 is 11.8 Å². The zero-order chi connectivity index (χ0) is 26.4. The van der Waals surface area contributed by atoms with Crippen LogP contribution in [-0.2, 0) is 28.7 Å². The van der Waals surface area contributed by atoms with Crippen molar-refractivity contribution in [1.29, 1.82) is 0 Å². The third kappa shape index (κ3) is 12.0. The Labute approximate surface area is 207 Å². The van der Waals surface area contributed by atoms with Gasteiger partial charge in [0.2, 0.25) is 11.8 Å². The van der Waals surface area contributed by atoms with Crippen LogP contribution in [0.4, 0.5) is 0 Å². The highest BCUT2D eigenvalue weighted by Gasteiger charge is 2.25. The molecule has 0 saturated carbocycles. The van der Waals surface area contributed by atoms with Crippen molar-refractivity contribution in [2.45, 2.75) is 66.2 Å². The van der Waals surface area contributed by atoms with E-state index in [9.17, 15) is 24.3 Å². The molecule has 0 aliphatic rings. The van der Waals surface area contributed by atoms with Crippen LogP contribution in [0.15, 0.2) is 0 Å². The molecule has 5 unspecified atom stereocenters. The number of nitrogens with two attached hydrogens (primary N) is 1. The first kappa shape index (κ1) is 32.1. The molecule has 0 saturated heterocycles. The van der Waals surface area contributed by atoms with Gasteiger partial charge in [-0.05, 0) is 11.8 Å². The first-order valence-corrected chi connectivity index (χ1v) is 12.8. The van der Waals surface area contributed by atoms with Crippen molar-refractivity contribution in [2.75, 3.05) is 31.8 Å². The van der Waals surface area contributed by atoms with Gasteiger partial charge in [-0.15, -0.1) is 0 Å². The highest BCUT2D eigenvalue weighted by Crippen LogP contribution is 2.18. The van der Waals surface area contributed by atoms with Gasteiger partial charge in [-0.25, -0.2) is 0 Å². The van der Waals surface area contributed by atoms with Gasteiger partial charge in [-0.1, -0.05) is 41.5 Å². The lowest BCUT2D eigenvalue weighted by molar-refractivity contribution is -0.156. The number of carbonyl (C=O) groups is 4. The van der Waals surface area contributed by atoms with Crippen LogP contribution in [-0.4, -0.2) is 78.8 Å². The number of aliphatic hydroxyl groups excluding tert-OH is 1. The summed E-state index contributed by atoms with van der Waals surface area (Å²) < 4.78 is 11.0. The van der Waals surface area contributed by atoms with Gasteiger partial charge < -0.3 is 30.9 Å². The Morgan fingerprint density at radius 3 is 1.97 bits per heavy atom. The Balaban J connectivity index is 4.87. The van der Waals surface area contributed by atoms with Crippen LogP contribution in [0.3, 0.4) is 0 Å². The summed E-state index contributed by atoms with van der Waals surface area (Å²) in [6.07, 6.45) is -0.197. The molecule has 0 bridgehead atoms. The summed E-state index contributed by atoms with van der Waals surface area (Å²) in [4.78, 5) is 48.4. The Morgan fingerprint density at radius 1 is 0.912 bits per heavy atom. The van der Waals surface area contributed by atoms with E-state index in [1.165, 1.54) is 18.8 Å². The molecule has 0 rings (SSSR count). The van der Waals surface area contributed by atoms with E-state index in [0.717, 1.165) is 0 Å². The molecule has 0 aromatic rings. The van der Waals surface area contributed by atoms with E-state index >= 15 is 0 Å². The van der Waals surface area contributed by atoms with Gasteiger partial charge in [-0.2, -0.15) is 11.8 Å². The van der Waals surface area contributed by atoms with Crippen molar-refractivity contribution in [3.05, 3.63) is 0 Å². The number of thioether (sulfide) groups is 1. The Morgan fingerprint density at radius 2 is 1.47 bits per heavy atom. The topological polar surface area (TPSA) is 157 Å². The van der Waals surface area contributed by atoms with Crippen LogP contribution in [0.25, 0.3) is 0 Å². The molecule has 5 atom stereocenters. The Hall–Kier alpha value is -1.85. The highest BCUT2D eigenvalue weighted by atomic mass is 32.2. The maximum absolute atomic E-state index is 12.5. The number of esters is 2. The fraction of sp³-hybridized carbons (Fsp3) is 0.826. The SMILES string of the molecule is CNC(=O)C(CO)NC(=O)C(N)CSCC(CCOC(=O)C(C)C(C)C)OC(=O)C(C)C(C)C.